The molecule has 0 bridgehead atoms. The van der Waals surface area contributed by atoms with Gasteiger partial charge in [-0.15, -0.1) is 11.3 Å². The molecule has 2 heterocycles. The van der Waals surface area contributed by atoms with E-state index < -0.39 is 0 Å². The molecule has 0 unspecified atom stereocenters. The molecular formula is C18H21N3OS. The van der Waals surface area contributed by atoms with Crippen LogP contribution in [0.3, 0.4) is 0 Å². The molecular weight excluding hydrogens is 306 g/mol. The van der Waals surface area contributed by atoms with Gasteiger partial charge < -0.3 is 10.2 Å². The average molecular weight is 327 g/mol. The highest BCUT2D eigenvalue weighted by molar-refractivity contribution is 7.15. The number of rotatable bonds is 3. The largest absolute Gasteiger partial charge is 0.301 e. The van der Waals surface area contributed by atoms with E-state index in [1.165, 1.54) is 4.88 Å². The number of aromatic nitrogens is 1. The number of thiazole rings is 1. The lowest BCUT2D eigenvalue weighted by Gasteiger charge is -2.40. The molecule has 1 aromatic heterocycles. The quantitative estimate of drug-likeness (QED) is 0.942. The average Bonchev–Trinajstić information content (AvgIpc) is 2.88. The van der Waals surface area contributed by atoms with E-state index in [-0.39, 0.29) is 11.3 Å². The van der Waals surface area contributed by atoms with Crippen LogP contribution in [0, 0.1) is 0 Å². The first-order valence-corrected chi connectivity index (χ1v) is 9.03. The van der Waals surface area contributed by atoms with E-state index in [9.17, 15) is 4.79 Å². The number of benzene rings is 1. The van der Waals surface area contributed by atoms with E-state index in [2.05, 4.69) is 34.4 Å². The van der Waals surface area contributed by atoms with Gasteiger partial charge in [-0.3, -0.25) is 4.79 Å². The molecule has 2 aliphatic rings. The second-order valence-corrected chi connectivity index (χ2v) is 7.72. The molecule has 120 valence electrons. The Balaban J connectivity index is 1.56. The van der Waals surface area contributed by atoms with Gasteiger partial charge in [-0.05, 0) is 25.5 Å². The first-order chi connectivity index (χ1) is 11.2. The Bertz CT molecular complexity index is 721. The maximum Gasteiger partial charge on any atom is 0.236 e. The fraction of sp³-hybridized carbons (Fsp3) is 0.444. The van der Waals surface area contributed by atoms with Gasteiger partial charge >= 0.3 is 0 Å². The fourth-order valence-electron chi connectivity index (χ4n) is 3.53. The Hall–Kier alpha value is -1.72. The summed E-state index contributed by atoms with van der Waals surface area (Å²) >= 11 is 1.63. The summed E-state index contributed by atoms with van der Waals surface area (Å²) in [5, 5.41) is 3.87. The zero-order chi connectivity index (χ0) is 15.9. The summed E-state index contributed by atoms with van der Waals surface area (Å²) < 4.78 is 0. The molecule has 2 aromatic rings. The molecule has 0 radical (unpaired) electrons. The topological polar surface area (TPSA) is 45.2 Å². The normalized spacial score (nSPS) is 19.7. The van der Waals surface area contributed by atoms with Gasteiger partial charge in [0.15, 0.2) is 5.13 Å². The van der Waals surface area contributed by atoms with Crippen molar-refractivity contribution in [1.29, 1.82) is 0 Å². The maximum atomic E-state index is 12.9. The lowest BCUT2D eigenvalue weighted by molar-refractivity contribution is -0.124. The van der Waals surface area contributed by atoms with Crippen LogP contribution in [-0.2, 0) is 23.2 Å². The molecule has 1 aliphatic heterocycles. The molecule has 4 nitrogen and oxygen atoms in total. The first-order valence-electron chi connectivity index (χ1n) is 8.21. The third-order valence-corrected chi connectivity index (χ3v) is 6.11. The van der Waals surface area contributed by atoms with Crippen LogP contribution < -0.4 is 5.32 Å². The molecule has 1 fully saturated rings. The summed E-state index contributed by atoms with van der Waals surface area (Å²) in [6, 6.07) is 10.2. The van der Waals surface area contributed by atoms with Gasteiger partial charge in [-0.25, -0.2) is 4.98 Å². The number of nitrogens with zero attached hydrogens (tertiary/aromatic N) is 2. The van der Waals surface area contributed by atoms with Gasteiger partial charge in [0.25, 0.3) is 0 Å². The van der Waals surface area contributed by atoms with Crippen LogP contribution in [0.4, 0.5) is 5.13 Å². The Kier molecular flexibility index (Phi) is 3.70. The van der Waals surface area contributed by atoms with Crippen LogP contribution in [-0.4, -0.2) is 29.4 Å². The molecule has 5 heteroatoms. The Labute approximate surface area is 140 Å². The van der Waals surface area contributed by atoms with Crippen LogP contribution in [0.5, 0.6) is 0 Å². The van der Waals surface area contributed by atoms with Gasteiger partial charge in [0.1, 0.15) is 0 Å². The summed E-state index contributed by atoms with van der Waals surface area (Å²) in [4.78, 5) is 21.2. The minimum atomic E-state index is -0.357. The van der Waals surface area contributed by atoms with Crippen LogP contribution in [0.2, 0.25) is 0 Å². The van der Waals surface area contributed by atoms with E-state index in [1.54, 1.807) is 11.3 Å². The summed E-state index contributed by atoms with van der Waals surface area (Å²) in [5.41, 5.74) is 1.93. The molecule has 1 N–H and O–H groups in total. The molecule has 1 saturated carbocycles. The third kappa shape index (κ3) is 2.58. The lowest BCUT2D eigenvalue weighted by atomic mass is 9.64. The van der Waals surface area contributed by atoms with Crippen molar-refractivity contribution in [2.75, 3.05) is 18.9 Å². The third-order valence-electron chi connectivity index (χ3n) is 5.11. The van der Waals surface area contributed by atoms with Crippen LogP contribution >= 0.6 is 11.3 Å². The molecule has 1 amide bonds. The van der Waals surface area contributed by atoms with Gasteiger partial charge in [0, 0.05) is 24.4 Å². The van der Waals surface area contributed by atoms with Crippen LogP contribution in [0.15, 0.2) is 30.3 Å². The highest BCUT2D eigenvalue weighted by atomic mass is 32.1. The monoisotopic (exact) mass is 327 g/mol. The molecule has 23 heavy (non-hydrogen) atoms. The molecule has 4 rings (SSSR count). The minimum absolute atomic E-state index is 0.106. The zero-order valence-corrected chi connectivity index (χ0v) is 14.2. The first kappa shape index (κ1) is 14.8. The number of fused-ring (bicyclic) bond motifs is 1. The predicted octanol–water partition coefficient (Wildman–Crippen LogP) is 3.19. The number of hydrogen-bond donors (Lipinski definition) is 1. The molecule has 1 aromatic carbocycles. The fourth-order valence-corrected chi connectivity index (χ4v) is 4.61. The van der Waals surface area contributed by atoms with E-state index in [4.69, 9.17) is 0 Å². The molecule has 0 spiro atoms. The standard InChI is InChI=1S/C18H21N3OS/c1-21-11-8-14-15(12-21)23-17(19-14)20-16(22)18(9-5-10-18)13-6-3-2-4-7-13/h2-4,6-7H,5,8-12H2,1H3,(H,19,20,22). The minimum Gasteiger partial charge on any atom is -0.301 e. The Morgan fingerprint density at radius 3 is 2.78 bits per heavy atom. The van der Waals surface area contributed by atoms with Crippen molar-refractivity contribution in [3.05, 3.63) is 46.5 Å². The number of nitrogens with one attached hydrogen (secondary N) is 1. The van der Waals surface area contributed by atoms with Crippen molar-refractivity contribution in [2.24, 2.45) is 0 Å². The predicted molar refractivity (Wildman–Crippen MR) is 92.8 cm³/mol. The van der Waals surface area contributed by atoms with Crippen molar-refractivity contribution in [1.82, 2.24) is 9.88 Å². The van der Waals surface area contributed by atoms with Gasteiger partial charge in [-0.1, -0.05) is 36.8 Å². The highest BCUT2D eigenvalue weighted by Gasteiger charge is 2.45. The summed E-state index contributed by atoms with van der Waals surface area (Å²) in [6.45, 7) is 1.98. The smallest absolute Gasteiger partial charge is 0.236 e. The summed E-state index contributed by atoms with van der Waals surface area (Å²) in [7, 11) is 2.12. The summed E-state index contributed by atoms with van der Waals surface area (Å²) in [6.07, 6.45) is 3.94. The zero-order valence-electron chi connectivity index (χ0n) is 13.3. The van der Waals surface area contributed by atoms with Gasteiger partial charge in [0.05, 0.1) is 11.1 Å². The van der Waals surface area contributed by atoms with Crippen molar-refractivity contribution in [3.8, 4) is 0 Å². The van der Waals surface area contributed by atoms with E-state index in [0.717, 1.165) is 55.2 Å². The Morgan fingerprint density at radius 1 is 1.30 bits per heavy atom. The van der Waals surface area contributed by atoms with E-state index in [1.807, 2.05) is 18.2 Å². The van der Waals surface area contributed by atoms with Crippen LogP contribution in [0.25, 0.3) is 0 Å². The number of hydrogen-bond acceptors (Lipinski definition) is 4. The van der Waals surface area contributed by atoms with Crippen molar-refractivity contribution in [3.63, 3.8) is 0 Å². The van der Waals surface area contributed by atoms with E-state index >= 15 is 0 Å². The maximum absolute atomic E-state index is 12.9. The lowest BCUT2D eigenvalue weighted by Crippen LogP contribution is -2.45. The molecule has 0 saturated heterocycles. The van der Waals surface area contributed by atoms with Crippen molar-refractivity contribution >= 4 is 22.4 Å². The van der Waals surface area contributed by atoms with Gasteiger partial charge in [-0.2, -0.15) is 0 Å². The second kappa shape index (κ2) is 5.73. The Morgan fingerprint density at radius 2 is 2.09 bits per heavy atom. The SMILES string of the molecule is CN1CCc2nc(NC(=O)C3(c4ccccc4)CCC3)sc2C1. The van der Waals surface area contributed by atoms with Gasteiger partial charge in [0.2, 0.25) is 5.91 Å². The molecule has 0 atom stereocenters. The summed E-state index contributed by atoms with van der Waals surface area (Å²) in [5.74, 6) is 0.106. The number of amides is 1. The number of likely N-dealkylation sites (N-methyl/N-ethyl adjacent to an activating group) is 1. The highest BCUT2D eigenvalue weighted by Crippen LogP contribution is 2.44. The number of anilines is 1. The second-order valence-electron chi connectivity index (χ2n) is 6.63. The molecule has 1 aliphatic carbocycles. The van der Waals surface area contributed by atoms with Crippen molar-refractivity contribution < 1.29 is 4.79 Å². The van der Waals surface area contributed by atoms with E-state index in [0.29, 0.717) is 0 Å². The van der Waals surface area contributed by atoms with Crippen molar-refractivity contribution in [2.45, 2.75) is 37.6 Å². The van der Waals surface area contributed by atoms with Crippen LogP contribution in [0.1, 0.15) is 35.4 Å². The number of carbonyl (C=O) groups is 1. The number of carbonyl (C=O) groups excluding carboxylic acids is 1.